The molecule has 4 rings (SSSR count). The van der Waals surface area contributed by atoms with Gasteiger partial charge >= 0.3 is 0 Å². The monoisotopic (exact) mass is 334 g/mol. The standard InChI is InChI=1S/C15H15FN4O2S/c1-15-5-4-12(21)20(15)11(7-23-15)13(22)19-14-17-9-3-2-8(16)6-10(9)18-14/h2-3,6,11H,4-5,7H2,1H3,(H2,17,18,19,22)/t11-,15-/m0/s1. The fraction of sp³-hybridized carbons (Fsp3) is 0.400. The third kappa shape index (κ3) is 2.28. The van der Waals surface area contributed by atoms with Gasteiger partial charge in [-0.05, 0) is 31.5 Å². The molecule has 2 N–H and O–H groups in total. The molecule has 0 bridgehead atoms. The Balaban J connectivity index is 1.56. The van der Waals surface area contributed by atoms with E-state index in [1.54, 1.807) is 22.7 Å². The number of nitrogens with zero attached hydrogens (tertiary/aromatic N) is 2. The predicted octanol–water partition coefficient (Wildman–Crippen LogP) is 2.09. The van der Waals surface area contributed by atoms with Crippen LogP contribution in [-0.4, -0.2) is 43.3 Å². The van der Waals surface area contributed by atoms with Crippen molar-refractivity contribution in [2.75, 3.05) is 11.1 Å². The minimum atomic E-state index is -0.495. The fourth-order valence-corrected chi connectivity index (χ4v) is 4.69. The SMILES string of the molecule is C[C@]12CCC(=O)N1[C@H](C(=O)Nc1nc3ccc(F)cc3[nH]1)CS2. The van der Waals surface area contributed by atoms with Crippen LogP contribution >= 0.6 is 11.8 Å². The van der Waals surface area contributed by atoms with Gasteiger partial charge in [-0.2, -0.15) is 0 Å². The number of amides is 2. The summed E-state index contributed by atoms with van der Waals surface area (Å²) in [5.41, 5.74) is 1.09. The first-order chi connectivity index (χ1) is 11.0. The molecule has 1 aromatic carbocycles. The second kappa shape index (κ2) is 4.95. The molecule has 1 aromatic heterocycles. The number of aromatic amines is 1. The van der Waals surface area contributed by atoms with Gasteiger partial charge in [-0.25, -0.2) is 9.37 Å². The minimum Gasteiger partial charge on any atom is -0.324 e. The molecular formula is C15H15FN4O2S. The Morgan fingerprint density at radius 2 is 2.39 bits per heavy atom. The van der Waals surface area contributed by atoms with Crippen LogP contribution in [0, 0.1) is 5.82 Å². The number of carbonyl (C=O) groups excluding carboxylic acids is 2. The molecule has 0 spiro atoms. The molecule has 2 fully saturated rings. The highest BCUT2D eigenvalue weighted by atomic mass is 32.2. The van der Waals surface area contributed by atoms with E-state index in [0.29, 0.717) is 23.2 Å². The Bertz CT molecular complexity index is 823. The number of thioether (sulfide) groups is 1. The summed E-state index contributed by atoms with van der Waals surface area (Å²) in [6.45, 7) is 2.00. The molecule has 2 amide bonds. The second-order valence-electron chi connectivity index (χ2n) is 6.00. The second-order valence-corrected chi connectivity index (χ2v) is 7.50. The van der Waals surface area contributed by atoms with Crippen LogP contribution in [0.5, 0.6) is 0 Å². The number of aromatic nitrogens is 2. The normalized spacial score (nSPS) is 26.8. The number of carbonyl (C=O) groups is 2. The van der Waals surface area contributed by atoms with Crippen molar-refractivity contribution in [1.82, 2.24) is 14.9 Å². The van der Waals surface area contributed by atoms with Gasteiger partial charge in [-0.1, -0.05) is 0 Å². The van der Waals surface area contributed by atoms with Crippen molar-refractivity contribution in [1.29, 1.82) is 0 Å². The van der Waals surface area contributed by atoms with Gasteiger partial charge in [-0.3, -0.25) is 14.9 Å². The van der Waals surface area contributed by atoms with E-state index in [9.17, 15) is 14.0 Å². The quantitative estimate of drug-likeness (QED) is 0.881. The van der Waals surface area contributed by atoms with Crippen molar-refractivity contribution in [2.45, 2.75) is 30.7 Å². The molecule has 0 radical (unpaired) electrons. The molecule has 0 unspecified atom stereocenters. The average Bonchev–Trinajstić information content (AvgIpc) is 3.12. The molecule has 8 heteroatoms. The van der Waals surface area contributed by atoms with Gasteiger partial charge in [0.05, 0.1) is 15.9 Å². The Morgan fingerprint density at radius 1 is 1.57 bits per heavy atom. The maximum Gasteiger partial charge on any atom is 0.250 e. The molecule has 120 valence electrons. The highest BCUT2D eigenvalue weighted by Gasteiger charge is 2.52. The first-order valence-corrected chi connectivity index (χ1v) is 8.37. The lowest BCUT2D eigenvalue weighted by Gasteiger charge is -2.29. The van der Waals surface area contributed by atoms with E-state index < -0.39 is 6.04 Å². The van der Waals surface area contributed by atoms with E-state index in [1.807, 2.05) is 6.92 Å². The van der Waals surface area contributed by atoms with E-state index in [0.717, 1.165) is 6.42 Å². The van der Waals surface area contributed by atoms with Crippen molar-refractivity contribution in [3.63, 3.8) is 0 Å². The third-order valence-electron chi connectivity index (χ3n) is 4.43. The van der Waals surface area contributed by atoms with Crippen molar-refractivity contribution < 1.29 is 14.0 Å². The molecule has 2 aromatic rings. The van der Waals surface area contributed by atoms with Crippen LogP contribution in [0.3, 0.4) is 0 Å². The highest BCUT2D eigenvalue weighted by molar-refractivity contribution is 8.01. The molecule has 0 saturated carbocycles. The van der Waals surface area contributed by atoms with E-state index in [2.05, 4.69) is 15.3 Å². The number of halogens is 1. The summed E-state index contributed by atoms with van der Waals surface area (Å²) in [6.07, 6.45) is 1.25. The summed E-state index contributed by atoms with van der Waals surface area (Å²) in [7, 11) is 0. The first kappa shape index (κ1) is 14.5. The van der Waals surface area contributed by atoms with Gasteiger partial charge in [0.25, 0.3) is 0 Å². The smallest absolute Gasteiger partial charge is 0.250 e. The van der Waals surface area contributed by atoms with Crippen molar-refractivity contribution in [3.05, 3.63) is 24.0 Å². The van der Waals surface area contributed by atoms with Gasteiger partial charge in [0.1, 0.15) is 11.9 Å². The maximum absolute atomic E-state index is 13.2. The minimum absolute atomic E-state index is 0.0179. The van der Waals surface area contributed by atoms with Crippen LogP contribution in [0.4, 0.5) is 10.3 Å². The molecule has 0 aliphatic carbocycles. The number of imidazole rings is 1. The van der Waals surface area contributed by atoms with Gasteiger partial charge in [0, 0.05) is 12.2 Å². The number of H-pyrrole nitrogens is 1. The summed E-state index contributed by atoms with van der Waals surface area (Å²) in [5.74, 6) is 0.217. The van der Waals surface area contributed by atoms with Crippen LogP contribution in [0.1, 0.15) is 19.8 Å². The van der Waals surface area contributed by atoms with E-state index in [-0.39, 0.29) is 28.5 Å². The van der Waals surface area contributed by atoms with Gasteiger partial charge < -0.3 is 9.88 Å². The number of nitrogens with one attached hydrogen (secondary N) is 2. The van der Waals surface area contributed by atoms with Crippen LogP contribution < -0.4 is 5.32 Å². The topological polar surface area (TPSA) is 78.1 Å². The Labute approximate surface area is 135 Å². The van der Waals surface area contributed by atoms with Gasteiger partial charge in [0.2, 0.25) is 17.8 Å². The van der Waals surface area contributed by atoms with Crippen molar-refractivity contribution in [2.24, 2.45) is 0 Å². The molecule has 2 aliphatic heterocycles. The lowest BCUT2D eigenvalue weighted by Crippen LogP contribution is -2.48. The Kier molecular flexibility index (Phi) is 3.12. The molecule has 3 heterocycles. The molecule has 23 heavy (non-hydrogen) atoms. The van der Waals surface area contributed by atoms with Crippen LogP contribution in [0.25, 0.3) is 11.0 Å². The van der Waals surface area contributed by atoms with E-state index >= 15 is 0 Å². The number of fused-ring (bicyclic) bond motifs is 2. The van der Waals surface area contributed by atoms with Gasteiger partial charge in [-0.15, -0.1) is 11.8 Å². The zero-order chi connectivity index (χ0) is 16.2. The lowest BCUT2D eigenvalue weighted by molar-refractivity contribution is -0.135. The number of rotatable bonds is 2. The third-order valence-corrected chi connectivity index (χ3v) is 5.94. The first-order valence-electron chi connectivity index (χ1n) is 7.38. The van der Waals surface area contributed by atoms with Crippen LogP contribution in [0.15, 0.2) is 18.2 Å². The number of hydrogen-bond donors (Lipinski definition) is 2. The zero-order valence-corrected chi connectivity index (χ0v) is 13.2. The summed E-state index contributed by atoms with van der Waals surface area (Å²) in [4.78, 5) is 33.1. The van der Waals surface area contributed by atoms with Crippen molar-refractivity contribution in [3.8, 4) is 0 Å². The van der Waals surface area contributed by atoms with E-state index in [4.69, 9.17) is 0 Å². The van der Waals surface area contributed by atoms with Crippen LogP contribution in [-0.2, 0) is 9.59 Å². The molecule has 2 atom stereocenters. The number of benzene rings is 1. The predicted molar refractivity (Wildman–Crippen MR) is 85.4 cm³/mol. The molecular weight excluding hydrogens is 319 g/mol. The highest BCUT2D eigenvalue weighted by Crippen LogP contribution is 2.47. The summed E-state index contributed by atoms with van der Waals surface area (Å²) in [6, 6.07) is 3.69. The summed E-state index contributed by atoms with van der Waals surface area (Å²) in [5, 5.41) is 2.71. The summed E-state index contributed by atoms with van der Waals surface area (Å²) >= 11 is 1.64. The van der Waals surface area contributed by atoms with Crippen LogP contribution in [0.2, 0.25) is 0 Å². The van der Waals surface area contributed by atoms with Crippen molar-refractivity contribution >= 4 is 40.6 Å². The zero-order valence-electron chi connectivity index (χ0n) is 12.4. The number of hydrogen-bond acceptors (Lipinski definition) is 4. The maximum atomic E-state index is 13.2. The van der Waals surface area contributed by atoms with E-state index in [1.165, 1.54) is 12.1 Å². The average molecular weight is 334 g/mol. The molecule has 6 nitrogen and oxygen atoms in total. The largest absolute Gasteiger partial charge is 0.324 e. The fourth-order valence-electron chi connectivity index (χ4n) is 3.26. The lowest BCUT2D eigenvalue weighted by atomic mass is 10.2. The molecule has 2 aliphatic rings. The number of anilines is 1. The Hall–Kier alpha value is -2.09. The Morgan fingerprint density at radius 3 is 3.22 bits per heavy atom. The molecule has 2 saturated heterocycles. The van der Waals surface area contributed by atoms with Gasteiger partial charge in [0.15, 0.2) is 0 Å². The summed E-state index contributed by atoms with van der Waals surface area (Å²) < 4.78 is 13.2.